The molecule has 17 heavy (non-hydrogen) atoms. The highest BCUT2D eigenvalue weighted by Crippen LogP contribution is 2.10. The molecule has 7 heteroatoms. The summed E-state index contributed by atoms with van der Waals surface area (Å²) in [6.07, 6.45) is 0.736. The maximum Gasteiger partial charge on any atom is 0.245 e. The lowest BCUT2D eigenvalue weighted by molar-refractivity contribution is 0.379. The van der Waals surface area contributed by atoms with E-state index in [2.05, 4.69) is 25.4 Å². The van der Waals surface area contributed by atoms with E-state index in [1.165, 1.54) is 0 Å². The third kappa shape index (κ3) is 2.90. The van der Waals surface area contributed by atoms with Gasteiger partial charge < -0.3 is 15.6 Å². The lowest BCUT2D eigenvalue weighted by atomic mass is 10.4. The lowest BCUT2D eigenvalue weighted by Gasteiger charge is -2.05. The van der Waals surface area contributed by atoms with Crippen molar-refractivity contribution >= 4 is 11.6 Å². The minimum Gasteiger partial charge on any atom is -0.384 e. The van der Waals surface area contributed by atoms with E-state index < -0.39 is 0 Å². The molecule has 0 bridgehead atoms. The molecule has 0 aromatic carbocycles. The normalized spacial score (nSPS) is 10.5. The van der Waals surface area contributed by atoms with Gasteiger partial charge in [0.15, 0.2) is 5.82 Å². The van der Waals surface area contributed by atoms with Crippen molar-refractivity contribution in [3.63, 3.8) is 0 Å². The van der Waals surface area contributed by atoms with Crippen molar-refractivity contribution in [1.29, 1.82) is 0 Å². The topological polar surface area (TPSA) is 103 Å². The molecule has 0 atom stereocenters. The van der Waals surface area contributed by atoms with Crippen LogP contribution in [0.15, 0.2) is 10.6 Å². The molecule has 0 spiro atoms. The van der Waals surface area contributed by atoms with Crippen LogP contribution in [0, 0.1) is 6.92 Å². The molecule has 2 aromatic heterocycles. The zero-order chi connectivity index (χ0) is 12.3. The van der Waals surface area contributed by atoms with Gasteiger partial charge in [-0.15, -0.1) is 0 Å². The fourth-order valence-electron chi connectivity index (χ4n) is 1.34. The monoisotopic (exact) mass is 234 g/mol. The van der Waals surface area contributed by atoms with E-state index in [9.17, 15) is 0 Å². The number of aryl methyl sites for hydroxylation is 2. The number of nitrogens with one attached hydrogen (secondary N) is 1. The van der Waals surface area contributed by atoms with Crippen molar-refractivity contribution in [3.8, 4) is 0 Å². The van der Waals surface area contributed by atoms with E-state index >= 15 is 0 Å². The molecule has 0 saturated carbocycles. The maximum atomic E-state index is 5.67. The predicted octanol–water partition coefficient (Wildman–Crippen LogP) is 0.925. The van der Waals surface area contributed by atoms with Crippen LogP contribution in [0.4, 0.5) is 11.6 Å². The summed E-state index contributed by atoms with van der Waals surface area (Å²) in [5.74, 6) is 2.93. The summed E-state index contributed by atoms with van der Waals surface area (Å²) in [5.41, 5.74) is 5.67. The summed E-state index contributed by atoms with van der Waals surface area (Å²) in [4.78, 5) is 12.4. The molecule has 7 nitrogen and oxygen atoms in total. The molecular weight excluding hydrogens is 220 g/mol. The first-order chi connectivity index (χ1) is 8.17. The number of nitrogens with zero attached hydrogens (tertiary/aromatic N) is 4. The quantitative estimate of drug-likeness (QED) is 0.810. The standard InChI is InChI=1S/C10H14N6O/c1-3-8-14-7(11)4-9(15-8)12-5-10-13-6(2)16-17-10/h4H,3,5H2,1-2H3,(H3,11,12,14,15). The minimum atomic E-state index is 0.417. The minimum absolute atomic E-state index is 0.417. The molecule has 0 radical (unpaired) electrons. The molecule has 2 heterocycles. The Kier molecular flexibility index (Phi) is 3.17. The fourth-order valence-corrected chi connectivity index (χ4v) is 1.34. The van der Waals surface area contributed by atoms with Crippen molar-refractivity contribution in [2.45, 2.75) is 26.8 Å². The van der Waals surface area contributed by atoms with Gasteiger partial charge in [-0.25, -0.2) is 9.97 Å². The first-order valence-electron chi connectivity index (χ1n) is 5.34. The van der Waals surface area contributed by atoms with Crippen LogP contribution < -0.4 is 11.1 Å². The highest BCUT2D eigenvalue weighted by molar-refractivity contribution is 5.44. The Bertz CT molecular complexity index is 509. The van der Waals surface area contributed by atoms with Gasteiger partial charge in [-0.05, 0) is 6.92 Å². The van der Waals surface area contributed by atoms with Gasteiger partial charge in [0.1, 0.15) is 17.5 Å². The molecular formula is C10H14N6O. The SMILES string of the molecule is CCc1nc(N)cc(NCc2nc(C)no2)n1. The Morgan fingerprint density at radius 2 is 2.18 bits per heavy atom. The van der Waals surface area contributed by atoms with Gasteiger partial charge >= 0.3 is 0 Å². The zero-order valence-electron chi connectivity index (χ0n) is 9.77. The average molecular weight is 234 g/mol. The summed E-state index contributed by atoms with van der Waals surface area (Å²) < 4.78 is 4.97. The van der Waals surface area contributed by atoms with Crippen LogP contribution in [0.1, 0.15) is 24.5 Å². The van der Waals surface area contributed by atoms with Crippen LogP contribution in [0.5, 0.6) is 0 Å². The first kappa shape index (κ1) is 11.3. The van der Waals surface area contributed by atoms with E-state index in [4.69, 9.17) is 10.3 Å². The summed E-state index contributed by atoms with van der Waals surface area (Å²) in [5, 5.41) is 6.76. The van der Waals surface area contributed by atoms with Gasteiger partial charge in [0, 0.05) is 12.5 Å². The molecule has 0 fully saturated rings. The van der Waals surface area contributed by atoms with Gasteiger partial charge in [0.2, 0.25) is 5.89 Å². The first-order valence-corrected chi connectivity index (χ1v) is 5.34. The summed E-state index contributed by atoms with van der Waals surface area (Å²) in [6, 6.07) is 1.67. The van der Waals surface area contributed by atoms with Crippen molar-refractivity contribution < 1.29 is 4.52 Å². The average Bonchev–Trinajstić information content (AvgIpc) is 2.72. The number of nitrogen functional groups attached to an aromatic ring is 1. The van der Waals surface area contributed by atoms with E-state index in [1.807, 2.05) is 6.92 Å². The molecule has 0 aliphatic rings. The zero-order valence-corrected chi connectivity index (χ0v) is 9.77. The Hall–Kier alpha value is -2.18. The summed E-state index contributed by atoms with van der Waals surface area (Å²) in [6.45, 7) is 4.16. The van der Waals surface area contributed by atoms with Gasteiger partial charge in [-0.3, -0.25) is 0 Å². The second-order valence-corrected chi connectivity index (χ2v) is 3.54. The molecule has 0 saturated heterocycles. The van der Waals surface area contributed by atoms with Crippen LogP contribution in [0.2, 0.25) is 0 Å². The Morgan fingerprint density at radius 1 is 1.35 bits per heavy atom. The summed E-state index contributed by atoms with van der Waals surface area (Å²) >= 11 is 0. The van der Waals surface area contributed by atoms with Crippen LogP contribution in [-0.4, -0.2) is 20.1 Å². The van der Waals surface area contributed by atoms with E-state index in [0.29, 0.717) is 35.7 Å². The molecule has 2 rings (SSSR count). The highest BCUT2D eigenvalue weighted by atomic mass is 16.5. The van der Waals surface area contributed by atoms with Crippen molar-refractivity contribution in [1.82, 2.24) is 20.1 Å². The number of hydrogen-bond acceptors (Lipinski definition) is 7. The lowest BCUT2D eigenvalue weighted by Crippen LogP contribution is -2.06. The molecule has 2 aromatic rings. The number of anilines is 2. The number of aromatic nitrogens is 4. The van der Waals surface area contributed by atoms with Crippen LogP contribution in [0.3, 0.4) is 0 Å². The number of rotatable bonds is 4. The molecule has 0 amide bonds. The predicted molar refractivity (Wildman–Crippen MR) is 62.2 cm³/mol. The largest absolute Gasteiger partial charge is 0.384 e. The molecule has 0 unspecified atom stereocenters. The van der Waals surface area contributed by atoms with Crippen molar-refractivity contribution in [2.24, 2.45) is 0 Å². The van der Waals surface area contributed by atoms with Crippen molar-refractivity contribution in [2.75, 3.05) is 11.1 Å². The second-order valence-electron chi connectivity index (χ2n) is 3.54. The van der Waals surface area contributed by atoms with Crippen LogP contribution >= 0.6 is 0 Å². The molecule has 3 N–H and O–H groups in total. The maximum absolute atomic E-state index is 5.67. The molecule has 0 aliphatic carbocycles. The van der Waals surface area contributed by atoms with E-state index in [0.717, 1.165) is 6.42 Å². The molecule has 0 aliphatic heterocycles. The fraction of sp³-hybridized carbons (Fsp3) is 0.400. The smallest absolute Gasteiger partial charge is 0.245 e. The summed E-state index contributed by atoms with van der Waals surface area (Å²) in [7, 11) is 0. The van der Waals surface area contributed by atoms with E-state index in [1.54, 1.807) is 13.0 Å². The highest BCUT2D eigenvalue weighted by Gasteiger charge is 2.04. The Labute approximate surface area is 98.5 Å². The van der Waals surface area contributed by atoms with Gasteiger partial charge in [-0.2, -0.15) is 4.98 Å². The Balaban J connectivity index is 2.05. The Morgan fingerprint density at radius 3 is 2.82 bits per heavy atom. The third-order valence-electron chi connectivity index (χ3n) is 2.10. The number of hydrogen-bond donors (Lipinski definition) is 2. The number of nitrogens with two attached hydrogens (primary N) is 1. The van der Waals surface area contributed by atoms with Gasteiger partial charge in [-0.1, -0.05) is 12.1 Å². The van der Waals surface area contributed by atoms with Gasteiger partial charge in [0.05, 0.1) is 6.54 Å². The van der Waals surface area contributed by atoms with Crippen LogP contribution in [-0.2, 0) is 13.0 Å². The van der Waals surface area contributed by atoms with Crippen molar-refractivity contribution in [3.05, 3.63) is 23.6 Å². The van der Waals surface area contributed by atoms with Gasteiger partial charge in [0.25, 0.3) is 0 Å². The van der Waals surface area contributed by atoms with E-state index in [-0.39, 0.29) is 0 Å². The second kappa shape index (κ2) is 4.77. The molecule has 90 valence electrons. The van der Waals surface area contributed by atoms with Crippen LogP contribution in [0.25, 0.3) is 0 Å². The third-order valence-corrected chi connectivity index (χ3v) is 2.10.